The van der Waals surface area contributed by atoms with E-state index < -0.39 is 0 Å². The zero-order chi connectivity index (χ0) is 12.3. The van der Waals surface area contributed by atoms with Crippen molar-refractivity contribution in [3.05, 3.63) is 33.4 Å². The van der Waals surface area contributed by atoms with Gasteiger partial charge in [-0.2, -0.15) is 0 Å². The zero-order valence-electron chi connectivity index (χ0n) is 9.60. The van der Waals surface area contributed by atoms with Crippen molar-refractivity contribution < 1.29 is 9.90 Å². The molecule has 0 spiro atoms. The van der Waals surface area contributed by atoms with Crippen LogP contribution in [0, 0.1) is 3.57 Å². The van der Waals surface area contributed by atoms with Crippen LogP contribution in [0.4, 0.5) is 0 Å². The number of carbonyl (C=O) groups excluding carboxylic acids is 1. The van der Waals surface area contributed by atoms with Crippen LogP contribution in [0.2, 0.25) is 0 Å². The second-order valence-electron chi connectivity index (χ2n) is 4.31. The van der Waals surface area contributed by atoms with Gasteiger partial charge in [-0.1, -0.05) is 12.1 Å². The van der Waals surface area contributed by atoms with Crippen LogP contribution >= 0.6 is 22.6 Å². The molecule has 0 aromatic heterocycles. The average molecular weight is 345 g/mol. The third-order valence-corrected chi connectivity index (χ3v) is 4.14. The number of benzene rings is 1. The summed E-state index contributed by atoms with van der Waals surface area (Å²) in [7, 11) is 0. The van der Waals surface area contributed by atoms with Gasteiger partial charge in [-0.3, -0.25) is 4.79 Å². The number of piperidine rings is 1. The molecule has 1 saturated heterocycles. The Balaban J connectivity index is 2.21. The standard InChI is InChI=1S/C13H16INO2/c14-12-7-2-1-6-11(12)13(17)15-8-4-3-5-10(15)9-16/h1-2,6-7,10,16H,3-5,8-9H2/t10-/m1/s1. The molecule has 0 bridgehead atoms. The van der Waals surface area contributed by atoms with Gasteiger partial charge in [0, 0.05) is 10.1 Å². The number of hydrogen-bond donors (Lipinski definition) is 1. The van der Waals surface area contributed by atoms with Crippen molar-refractivity contribution in [1.82, 2.24) is 4.90 Å². The molecule has 2 rings (SSSR count). The highest BCUT2D eigenvalue weighted by Crippen LogP contribution is 2.21. The largest absolute Gasteiger partial charge is 0.394 e. The maximum Gasteiger partial charge on any atom is 0.255 e. The third kappa shape index (κ3) is 2.80. The minimum absolute atomic E-state index is 0.00717. The second-order valence-corrected chi connectivity index (χ2v) is 5.47. The first kappa shape index (κ1) is 12.8. The van der Waals surface area contributed by atoms with Crippen LogP contribution in [0.5, 0.6) is 0 Å². The van der Waals surface area contributed by atoms with E-state index in [-0.39, 0.29) is 18.6 Å². The Morgan fingerprint density at radius 3 is 2.88 bits per heavy atom. The van der Waals surface area contributed by atoms with Gasteiger partial charge in [0.2, 0.25) is 0 Å². The summed E-state index contributed by atoms with van der Waals surface area (Å²) in [6.07, 6.45) is 3.04. The van der Waals surface area contributed by atoms with E-state index in [4.69, 9.17) is 0 Å². The second kappa shape index (κ2) is 5.82. The van der Waals surface area contributed by atoms with E-state index in [0.717, 1.165) is 34.9 Å². The molecule has 1 heterocycles. The molecule has 0 radical (unpaired) electrons. The number of aliphatic hydroxyl groups is 1. The molecule has 1 amide bonds. The fraction of sp³-hybridized carbons (Fsp3) is 0.462. The summed E-state index contributed by atoms with van der Waals surface area (Å²) in [4.78, 5) is 14.2. The molecule has 1 N–H and O–H groups in total. The first-order valence-electron chi connectivity index (χ1n) is 5.90. The predicted molar refractivity (Wildman–Crippen MR) is 74.9 cm³/mol. The number of rotatable bonds is 2. The molecular weight excluding hydrogens is 329 g/mol. The summed E-state index contributed by atoms with van der Waals surface area (Å²) < 4.78 is 0.970. The molecule has 92 valence electrons. The molecule has 1 fully saturated rings. The number of amides is 1. The van der Waals surface area contributed by atoms with Crippen LogP contribution in [0.1, 0.15) is 29.6 Å². The lowest BCUT2D eigenvalue weighted by atomic mass is 10.0. The van der Waals surface area contributed by atoms with Gasteiger partial charge < -0.3 is 10.0 Å². The Morgan fingerprint density at radius 1 is 1.41 bits per heavy atom. The summed E-state index contributed by atoms with van der Waals surface area (Å²) in [5, 5.41) is 9.33. The van der Waals surface area contributed by atoms with Gasteiger partial charge >= 0.3 is 0 Å². The molecule has 1 aromatic carbocycles. The summed E-state index contributed by atoms with van der Waals surface area (Å²) >= 11 is 2.18. The Labute approximate surface area is 115 Å². The molecule has 3 nitrogen and oxygen atoms in total. The van der Waals surface area contributed by atoms with Crippen LogP contribution in [0.3, 0.4) is 0 Å². The maximum atomic E-state index is 12.4. The lowest BCUT2D eigenvalue weighted by Crippen LogP contribution is -2.45. The number of halogens is 1. The maximum absolute atomic E-state index is 12.4. The summed E-state index contributed by atoms with van der Waals surface area (Å²) in [5.41, 5.74) is 0.744. The normalized spacial score (nSPS) is 20.4. The topological polar surface area (TPSA) is 40.5 Å². The van der Waals surface area contributed by atoms with Crippen molar-refractivity contribution in [3.63, 3.8) is 0 Å². The lowest BCUT2D eigenvalue weighted by Gasteiger charge is -2.34. The molecule has 1 aliphatic rings. The highest BCUT2D eigenvalue weighted by Gasteiger charge is 2.27. The van der Waals surface area contributed by atoms with E-state index in [1.807, 2.05) is 29.2 Å². The van der Waals surface area contributed by atoms with Gasteiger partial charge in [0.1, 0.15) is 0 Å². The number of aliphatic hydroxyl groups excluding tert-OH is 1. The van der Waals surface area contributed by atoms with Crippen molar-refractivity contribution in [3.8, 4) is 0 Å². The van der Waals surface area contributed by atoms with Crippen molar-refractivity contribution in [2.45, 2.75) is 25.3 Å². The minimum atomic E-state index is -0.00717. The van der Waals surface area contributed by atoms with E-state index >= 15 is 0 Å². The highest BCUT2D eigenvalue weighted by atomic mass is 127. The monoisotopic (exact) mass is 345 g/mol. The SMILES string of the molecule is O=C(c1ccccc1I)N1CCCC[C@@H]1CO. The van der Waals surface area contributed by atoms with Gasteiger partial charge in [0.05, 0.1) is 18.2 Å². The Morgan fingerprint density at radius 2 is 2.18 bits per heavy atom. The molecule has 4 heteroatoms. The van der Waals surface area contributed by atoms with Crippen LogP contribution in [-0.4, -0.2) is 35.1 Å². The quantitative estimate of drug-likeness (QED) is 0.836. The third-order valence-electron chi connectivity index (χ3n) is 3.20. The average Bonchev–Trinajstić information content (AvgIpc) is 2.38. The number of carbonyl (C=O) groups is 1. The van der Waals surface area contributed by atoms with Crippen molar-refractivity contribution in [2.24, 2.45) is 0 Å². The van der Waals surface area contributed by atoms with Crippen molar-refractivity contribution in [1.29, 1.82) is 0 Å². The van der Waals surface area contributed by atoms with E-state index in [1.54, 1.807) is 0 Å². The Hall–Kier alpha value is -0.620. The van der Waals surface area contributed by atoms with E-state index in [9.17, 15) is 9.90 Å². The molecule has 17 heavy (non-hydrogen) atoms. The highest BCUT2D eigenvalue weighted by molar-refractivity contribution is 14.1. The first-order chi connectivity index (χ1) is 8.24. The Kier molecular flexibility index (Phi) is 4.39. The van der Waals surface area contributed by atoms with Crippen LogP contribution in [0.15, 0.2) is 24.3 Å². The molecule has 0 aliphatic carbocycles. The fourth-order valence-corrected chi connectivity index (χ4v) is 2.87. The van der Waals surface area contributed by atoms with E-state index in [2.05, 4.69) is 22.6 Å². The fourth-order valence-electron chi connectivity index (χ4n) is 2.25. The molecule has 0 unspecified atom stereocenters. The van der Waals surface area contributed by atoms with Crippen molar-refractivity contribution in [2.75, 3.05) is 13.2 Å². The summed E-state index contributed by atoms with van der Waals surface area (Å²) in [6.45, 7) is 0.824. The molecular formula is C13H16INO2. The van der Waals surface area contributed by atoms with Gasteiger partial charge in [-0.05, 0) is 54.0 Å². The first-order valence-corrected chi connectivity index (χ1v) is 6.98. The van der Waals surface area contributed by atoms with E-state index in [1.165, 1.54) is 0 Å². The predicted octanol–water partition coefficient (Wildman–Crippen LogP) is 2.28. The van der Waals surface area contributed by atoms with Crippen LogP contribution < -0.4 is 0 Å². The van der Waals surface area contributed by atoms with Crippen LogP contribution in [-0.2, 0) is 0 Å². The van der Waals surface area contributed by atoms with Gasteiger partial charge in [-0.15, -0.1) is 0 Å². The summed E-state index contributed by atoms with van der Waals surface area (Å²) in [6, 6.07) is 7.59. The molecule has 0 saturated carbocycles. The lowest BCUT2D eigenvalue weighted by molar-refractivity contribution is 0.0502. The number of nitrogens with zero attached hydrogens (tertiary/aromatic N) is 1. The van der Waals surface area contributed by atoms with E-state index in [0.29, 0.717) is 0 Å². The Bertz CT molecular complexity index is 408. The number of hydrogen-bond acceptors (Lipinski definition) is 2. The smallest absolute Gasteiger partial charge is 0.255 e. The van der Waals surface area contributed by atoms with Gasteiger partial charge in [0.15, 0.2) is 0 Å². The zero-order valence-corrected chi connectivity index (χ0v) is 11.8. The molecule has 1 aromatic rings. The van der Waals surface area contributed by atoms with Crippen LogP contribution in [0.25, 0.3) is 0 Å². The summed E-state index contributed by atoms with van der Waals surface area (Å²) in [5.74, 6) is 0.0498. The molecule has 1 aliphatic heterocycles. The molecule has 1 atom stereocenters. The number of likely N-dealkylation sites (tertiary alicyclic amines) is 1. The van der Waals surface area contributed by atoms with Crippen molar-refractivity contribution >= 4 is 28.5 Å². The van der Waals surface area contributed by atoms with Gasteiger partial charge in [0.25, 0.3) is 5.91 Å². The minimum Gasteiger partial charge on any atom is -0.394 e. The van der Waals surface area contributed by atoms with Gasteiger partial charge in [-0.25, -0.2) is 0 Å².